The van der Waals surface area contributed by atoms with Crippen LogP contribution < -0.4 is 14.8 Å². The Bertz CT molecular complexity index is 938. The first-order valence-electron chi connectivity index (χ1n) is 12.3. The number of hydrogen-bond acceptors (Lipinski definition) is 5. The van der Waals surface area contributed by atoms with Crippen LogP contribution in [-0.2, 0) is 12.8 Å². The van der Waals surface area contributed by atoms with Crippen LogP contribution in [-0.4, -0.2) is 49.3 Å². The number of benzene rings is 1. The third-order valence-electron chi connectivity index (χ3n) is 7.60. The van der Waals surface area contributed by atoms with Gasteiger partial charge in [0.25, 0.3) is 0 Å². The molecular weight excluding hydrogens is 386 g/mol. The quantitative estimate of drug-likeness (QED) is 0.572. The molecule has 0 spiro atoms. The van der Waals surface area contributed by atoms with Crippen LogP contribution in [0.3, 0.4) is 0 Å². The van der Waals surface area contributed by atoms with Crippen LogP contribution in [0.25, 0.3) is 10.9 Å². The fraction of sp³-hybridized carbons (Fsp3) is 0.654. The zero-order valence-electron chi connectivity index (χ0n) is 19.4. The Hall–Kier alpha value is -2.01. The van der Waals surface area contributed by atoms with Gasteiger partial charge in [0.2, 0.25) is 0 Å². The molecule has 1 aliphatic heterocycles. The average Bonchev–Trinajstić information content (AvgIpc) is 3.16. The van der Waals surface area contributed by atoms with Crippen LogP contribution in [0.5, 0.6) is 11.5 Å². The van der Waals surface area contributed by atoms with Gasteiger partial charge >= 0.3 is 0 Å². The van der Waals surface area contributed by atoms with Gasteiger partial charge in [-0.05, 0) is 94.0 Å². The monoisotopic (exact) mass is 423 g/mol. The topological polar surface area (TPSA) is 46.6 Å². The first-order valence-corrected chi connectivity index (χ1v) is 12.3. The van der Waals surface area contributed by atoms with Crippen molar-refractivity contribution in [3.8, 4) is 11.5 Å². The first-order chi connectivity index (χ1) is 15.1. The smallest absolute Gasteiger partial charge is 0.163 e. The van der Waals surface area contributed by atoms with Crippen LogP contribution in [0.1, 0.15) is 57.1 Å². The summed E-state index contributed by atoms with van der Waals surface area (Å²) in [6.45, 7) is 8.97. The predicted octanol–water partition coefficient (Wildman–Crippen LogP) is 5.05. The van der Waals surface area contributed by atoms with E-state index in [4.69, 9.17) is 14.5 Å². The van der Waals surface area contributed by atoms with Gasteiger partial charge in [-0.1, -0.05) is 6.92 Å². The number of hydrogen-bond donors (Lipinski definition) is 1. The van der Waals surface area contributed by atoms with Gasteiger partial charge in [0.05, 0.1) is 19.2 Å². The zero-order valence-corrected chi connectivity index (χ0v) is 19.4. The van der Waals surface area contributed by atoms with Gasteiger partial charge in [0, 0.05) is 24.0 Å². The van der Waals surface area contributed by atoms with Gasteiger partial charge in [-0.15, -0.1) is 0 Å². The molecule has 0 amide bonds. The molecule has 2 unspecified atom stereocenters. The lowest BCUT2D eigenvalue weighted by Crippen LogP contribution is -2.22. The van der Waals surface area contributed by atoms with E-state index in [1.54, 1.807) is 7.11 Å². The lowest BCUT2D eigenvalue weighted by molar-refractivity contribution is 0.254. The number of nitrogens with one attached hydrogen (secondary N) is 1. The number of aryl methyl sites for hydroxylation is 1. The van der Waals surface area contributed by atoms with Crippen LogP contribution in [0, 0.1) is 11.8 Å². The van der Waals surface area contributed by atoms with Crippen LogP contribution in [0.4, 0.5) is 5.82 Å². The number of pyridine rings is 1. The highest BCUT2D eigenvalue weighted by atomic mass is 16.5. The van der Waals surface area contributed by atoms with Gasteiger partial charge in [-0.3, -0.25) is 0 Å². The number of rotatable bonds is 9. The summed E-state index contributed by atoms with van der Waals surface area (Å²) in [5.74, 6) is 4.35. The van der Waals surface area contributed by atoms with Crippen molar-refractivity contribution in [1.29, 1.82) is 0 Å². The molecule has 0 radical (unpaired) electrons. The Kier molecular flexibility index (Phi) is 5.96. The SMILES string of the molecule is COc1cc2c3c(c(N[C@H](C)C4CC4C)nc2cc1OCCCN1CCCC1)CCC3. The third kappa shape index (κ3) is 4.34. The molecule has 0 bridgehead atoms. The van der Waals surface area contributed by atoms with E-state index in [1.165, 1.54) is 55.3 Å². The van der Waals surface area contributed by atoms with Crippen molar-refractivity contribution in [2.75, 3.05) is 38.7 Å². The lowest BCUT2D eigenvalue weighted by atomic mass is 10.0. The second-order valence-electron chi connectivity index (χ2n) is 9.85. The fourth-order valence-corrected chi connectivity index (χ4v) is 5.61. The summed E-state index contributed by atoms with van der Waals surface area (Å²) < 4.78 is 11.9. The van der Waals surface area contributed by atoms with Crippen molar-refractivity contribution >= 4 is 16.7 Å². The van der Waals surface area contributed by atoms with E-state index in [0.717, 1.165) is 60.5 Å². The number of likely N-dealkylation sites (tertiary alicyclic amines) is 1. The summed E-state index contributed by atoms with van der Waals surface area (Å²) in [5, 5.41) is 5.00. The molecule has 1 aromatic carbocycles. The summed E-state index contributed by atoms with van der Waals surface area (Å²) in [4.78, 5) is 7.63. The van der Waals surface area contributed by atoms with Crippen molar-refractivity contribution in [3.63, 3.8) is 0 Å². The van der Waals surface area contributed by atoms with Crippen molar-refractivity contribution in [2.45, 2.75) is 64.8 Å². The van der Waals surface area contributed by atoms with E-state index in [1.807, 2.05) is 0 Å². The Morgan fingerprint density at radius 3 is 2.65 bits per heavy atom. The fourth-order valence-electron chi connectivity index (χ4n) is 5.61. The maximum atomic E-state index is 6.19. The lowest BCUT2D eigenvalue weighted by Gasteiger charge is -2.20. The molecule has 5 heteroatoms. The number of anilines is 1. The maximum absolute atomic E-state index is 6.19. The summed E-state index contributed by atoms with van der Waals surface area (Å²) in [6.07, 6.45) is 8.49. The Labute approximate surface area is 186 Å². The molecule has 3 atom stereocenters. The van der Waals surface area contributed by atoms with Crippen LogP contribution in [0.15, 0.2) is 12.1 Å². The van der Waals surface area contributed by atoms with Crippen molar-refractivity contribution in [2.24, 2.45) is 11.8 Å². The minimum Gasteiger partial charge on any atom is -0.493 e. The number of methoxy groups -OCH3 is 1. The summed E-state index contributed by atoms with van der Waals surface area (Å²) in [7, 11) is 1.74. The molecule has 1 aromatic heterocycles. The highest BCUT2D eigenvalue weighted by Gasteiger charge is 2.37. The first kappa shape index (κ1) is 20.9. The minimum atomic E-state index is 0.476. The van der Waals surface area contributed by atoms with E-state index in [0.29, 0.717) is 12.6 Å². The van der Waals surface area contributed by atoms with Gasteiger partial charge < -0.3 is 19.7 Å². The third-order valence-corrected chi connectivity index (χ3v) is 7.60. The molecule has 168 valence electrons. The number of nitrogens with zero attached hydrogens (tertiary/aromatic N) is 2. The van der Waals surface area contributed by atoms with E-state index < -0.39 is 0 Å². The number of ether oxygens (including phenoxy) is 2. The highest BCUT2D eigenvalue weighted by molar-refractivity contribution is 5.89. The van der Waals surface area contributed by atoms with Crippen LogP contribution >= 0.6 is 0 Å². The molecular formula is C26H37N3O2. The summed E-state index contributed by atoms with van der Waals surface area (Å²) >= 11 is 0. The van der Waals surface area contributed by atoms with Gasteiger partial charge in [0.1, 0.15) is 5.82 Å². The van der Waals surface area contributed by atoms with Gasteiger partial charge in [-0.25, -0.2) is 4.98 Å². The van der Waals surface area contributed by atoms with Crippen molar-refractivity contribution < 1.29 is 9.47 Å². The maximum Gasteiger partial charge on any atom is 0.163 e. The van der Waals surface area contributed by atoms with Gasteiger partial charge in [0.15, 0.2) is 11.5 Å². The molecule has 2 heterocycles. The average molecular weight is 424 g/mol. The van der Waals surface area contributed by atoms with Crippen molar-refractivity contribution in [1.82, 2.24) is 9.88 Å². The van der Waals surface area contributed by atoms with Crippen molar-refractivity contribution in [3.05, 3.63) is 23.3 Å². The van der Waals surface area contributed by atoms with E-state index in [-0.39, 0.29) is 0 Å². The zero-order chi connectivity index (χ0) is 21.4. The van der Waals surface area contributed by atoms with E-state index >= 15 is 0 Å². The molecule has 2 aliphatic carbocycles. The number of fused-ring (bicyclic) bond motifs is 3. The normalized spacial score (nSPS) is 23.7. The molecule has 5 nitrogen and oxygen atoms in total. The van der Waals surface area contributed by atoms with Crippen LogP contribution in [0.2, 0.25) is 0 Å². The largest absolute Gasteiger partial charge is 0.493 e. The molecule has 5 rings (SSSR count). The second-order valence-corrected chi connectivity index (χ2v) is 9.85. The summed E-state index contributed by atoms with van der Waals surface area (Å²) in [6, 6.07) is 4.72. The second kappa shape index (κ2) is 8.85. The Balaban J connectivity index is 1.37. The molecule has 2 fully saturated rings. The molecule has 1 saturated carbocycles. The minimum absolute atomic E-state index is 0.476. The summed E-state index contributed by atoms with van der Waals surface area (Å²) in [5.41, 5.74) is 3.88. The molecule has 1 N–H and O–H groups in total. The number of aromatic nitrogens is 1. The Morgan fingerprint density at radius 2 is 1.90 bits per heavy atom. The highest BCUT2D eigenvalue weighted by Crippen LogP contribution is 2.43. The van der Waals surface area contributed by atoms with E-state index in [2.05, 4.69) is 36.2 Å². The molecule has 2 aromatic rings. The van der Waals surface area contributed by atoms with Gasteiger partial charge in [-0.2, -0.15) is 0 Å². The molecule has 31 heavy (non-hydrogen) atoms. The molecule has 1 saturated heterocycles. The standard InChI is InChI=1S/C26H37N3O2/c1-17-14-21(17)18(2)27-26-20-9-6-8-19(20)22-15-24(30-3)25(16-23(22)28-26)31-13-7-12-29-10-4-5-11-29/h15-18,21H,4-14H2,1-3H3,(H,27,28)/t17?,18-,21?/m1/s1. The molecule has 3 aliphatic rings. The Morgan fingerprint density at radius 1 is 1.13 bits per heavy atom. The van der Waals surface area contributed by atoms with E-state index in [9.17, 15) is 0 Å². The predicted molar refractivity (Wildman–Crippen MR) is 126 cm³/mol.